The molecule has 0 spiro atoms. The fourth-order valence-electron chi connectivity index (χ4n) is 3.98. The molecular formula is C18H25N7O2S. The van der Waals surface area contributed by atoms with Gasteiger partial charge in [0, 0.05) is 44.8 Å². The number of likely N-dealkylation sites (N-methyl/N-ethyl adjacent to an activating group) is 1. The zero-order chi connectivity index (χ0) is 19.7. The molecule has 3 unspecified atom stereocenters. The van der Waals surface area contributed by atoms with Crippen LogP contribution in [0.15, 0.2) is 28.6 Å². The molecule has 0 bridgehead atoms. The largest absolute Gasteiger partial charge is 0.342 e. The van der Waals surface area contributed by atoms with Gasteiger partial charge in [-0.05, 0) is 24.8 Å². The van der Waals surface area contributed by atoms with Gasteiger partial charge in [-0.15, -0.1) is 0 Å². The van der Waals surface area contributed by atoms with E-state index in [1.165, 1.54) is 11.3 Å². The standard InChI is InChI=1S/C18H25N7O2S/c1-12-5-3-8-24(11-12)17-21-14-13(15(26)22-18(27)23(14)2)25(17)9-10-28-16-19-6-4-7-20-16/h4,6-7,12-14H,3,5,8-11H2,1-2H3,(H,22,26,27). The number of nitrogens with one attached hydrogen (secondary N) is 1. The average molecular weight is 404 g/mol. The number of guanidine groups is 1. The molecule has 150 valence electrons. The van der Waals surface area contributed by atoms with Crippen molar-refractivity contribution in [3.05, 3.63) is 18.5 Å². The molecule has 0 aromatic carbocycles. The van der Waals surface area contributed by atoms with Crippen LogP contribution >= 0.6 is 11.8 Å². The third kappa shape index (κ3) is 3.65. The molecular weight excluding hydrogens is 378 g/mol. The summed E-state index contributed by atoms with van der Waals surface area (Å²) in [5.41, 5.74) is 0. The van der Waals surface area contributed by atoms with E-state index < -0.39 is 18.2 Å². The highest BCUT2D eigenvalue weighted by molar-refractivity contribution is 7.99. The second-order valence-electron chi connectivity index (χ2n) is 7.46. The minimum Gasteiger partial charge on any atom is -0.342 e. The third-order valence-electron chi connectivity index (χ3n) is 5.38. The molecule has 2 fully saturated rings. The molecule has 1 aromatic heterocycles. The number of aliphatic imine (C=N–C) groups is 1. The van der Waals surface area contributed by atoms with Crippen molar-refractivity contribution in [2.45, 2.75) is 37.1 Å². The highest BCUT2D eigenvalue weighted by atomic mass is 32.2. The molecule has 3 aliphatic heterocycles. The van der Waals surface area contributed by atoms with Crippen molar-refractivity contribution in [3.8, 4) is 0 Å². The van der Waals surface area contributed by atoms with E-state index in [0.29, 0.717) is 17.6 Å². The van der Waals surface area contributed by atoms with E-state index in [2.05, 4.69) is 32.0 Å². The van der Waals surface area contributed by atoms with Crippen LogP contribution in [0.2, 0.25) is 0 Å². The fourth-order valence-corrected chi connectivity index (χ4v) is 4.72. The number of fused-ring (bicyclic) bond motifs is 1. The molecule has 3 aliphatic rings. The molecule has 0 saturated carbocycles. The predicted molar refractivity (Wildman–Crippen MR) is 106 cm³/mol. The summed E-state index contributed by atoms with van der Waals surface area (Å²) in [5.74, 6) is 1.85. The van der Waals surface area contributed by atoms with Crippen LogP contribution in [-0.2, 0) is 4.79 Å². The van der Waals surface area contributed by atoms with Crippen LogP contribution in [0, 0.1) is 5.92 Å². The minimum absolute atomic E-state index is 0.280. The lowest BCUT2D eigenvalue weighted by Gasteiger charge is -2.39. The van der Waals surface area contributed by atoms with Crippen LogP contribution in [-0.4, -0.2) is 87.2 Å². The van der Waals surface area contributed by atoms with Gasteiger partial charge in [0.25, 0.3) is 5.91 Å². The van der Waals surface area contributed by atoms with E-state index in [4.69, 9.17) is 4.99 Å². The van der Waals surface area contributed by atoms with Crippen molar-refractivity contribution >= 4 is 29.7 Å². The summed E-state index contributed by atoms with van der Waals surface area (Å²) in [6.45, 7) is 4.71. The van der Waals surface area contributed by atoms with Gasteiger partial charge < -0.3 is 14.7 Å². The van der Waals surface area contributed by atoms with Crippen molar-refractivity contribution < 1.29 is 9.59 Å². The lowest BCUT2D eigenvalue weighted by atomic mass is 10.0. The Kier molecular flexibility index (Phi) is 5.38. The number of urea groups is 1. The van der Waals surface area contributed by atoms with Gasteiger partial charge in [-0.25, -0.2) is 19.8 Å². The summed E-state index contributed by atoms with van der Waals surface area (Å²) in [4.78, 5) is 43.9. The third-order valence-corrected chi connectivity index (χ3v) is 6.24. The number of carbonyl (C=O) groups excluding carboxylic acids is 2. The van der Waals surface area contributed by atoms with Crippen molar-refractivity contribution in [1.82, 2.24) is 30.0 Å². The summed E-state index contributed by atoms with van der Waals surface area (Å²) >= 11 is 1.55. The maximum Gasteiger partial charge on any atom is 0.325 e. The van der Waals surface area contributed by atoms with Crippen LogP contribution in [0.1, 0.15) is 19.8 Å². The Bertz CT molecular complexity index is 774. The molecule has 4 rings (SSSR count). The first-order valence-corrected chi connectivity index (χ1v) is 10.6. The maximum absolute atomic E-state index is 12.6. The monoisotopic (exact) mass is 403 g/mol. The zero-order valence-corrected chi connectivity index (χ0v) is 16.9. The number of hydrogen-bond acceptors (Lipinski definition) is 8. The van der Waals surface area contributed by atoms with Crippen LogP contribution in [0.4, 0.5) is 4.79 Å². The number of rotatable bonds is 4. The zero-order valence-electron chi connectivity index (χ0n) is 16.1. The van der Waals surface area contributed by atoms with Crippen LogP contribution < -0.4 is 5.32 Å². The lowest BCUT2D eigenvalue weighted by molar-refractivity contribution is -0.127. The van der Waals surface area contributed by atoms with E-state index in [0.717, 1.165) is 31.2 Å². The predicted octanol–water partition coefficient (Wildman–Crippen LogP) is 0.849. The average Bonchev–Trinajstić information content (AvgIpc) is 3.07. The fraction of sp³-hybridized carbons (Fsp3) is 0.611. The van der Waals surface area contributed by atoms with Gasteiger partial charge in [-0.3, -0.25) is 10.1 Å². The van der Waals surface area contributed by atoms with Gasteiger partial charge in [0.15, 0.2) is 23.3 Å². The number of hydrogen-bond donors (Lipinski definition) is 1. The van der Waals surface area contributed by atoms with E-state index in [1.807, 2.05) is 0 Å². The number of amides is 3. The number of piperidine rings is 1. The molecule has 1 N–H and O–H groups in total. The second kappa shape index (κ2) is 7.94. The van der Waals surface area contributed by atoms with E-state index in [1.54, 1.807) is 37.3 Å². The molecule has 3 amide bonds. The van der Waals surface area contributed by atoms with Crippen LogP contribution in [0.5, 0.6) is 0 Å². The quantitative estimate of drug-likeness (QED) is 0.588. The summed E-state index contributed by atoms with van der Waals surface area (Å²) in [6, 6.07) is 0.902. The Morgan fingerprint density at radius 2 is 2.07 bits per heavy atom. The Balaban J connectivity index is 1.54. The van der Waals surface area contributed by atoms with Gasteiger partial charge in [0.05, 0.1) is 0 Å². The number of carbonyl (C=O) groups is 2. The molecule has 28 heavy (non-hydrogen) atoms. The molecule has 9 nitrogen and oxygen atoms in total. The number of likely N-dealkylation sites (tertiary alicyclic amines) is 1. The van der Waals surface area contributed by atoms with Gasteiger partial charge in [0.2, 0.25) is 0 Å². The van der Waals surface area contributed by atoms with Crippen molar-refractivity contribution in [2.75, 3.05) is 32.4 Å². The van der Waals surface area contributed by atoms with Crippen molar-refractivity contribution in [3.63, 3.8) is 0 Å². The minimum atomic E-state index is -0.493. The van der Waals surface area contributed by atoms with Gasteiger partial charge in [-0.1, -0.05) is 18.7 Å². The van der Waals surface area contributed by atoms with E-state index >= 15 is 0 Å². The van der Waals surface area contributed by atoms with E-state index in [9.17, 15) is 9.59 Å². The summed E-state index contributed by atoms with van der Waals surface area (Å²) in [5, 5.41) is 3.17. The highest BCUT2D eigenvalue weighted by Crippen LogP contribution is 2.28. The molecule has 0 aliphatic carbocycles. The van der Waals surface area contributed by atoms with E-state index in [-0.39, 0.29) is 5.91 Å². The first-order chi connectivity index (χ1) is 13.5. The smallest absolute Gasteiger partial charge is 0.325 e. The molecule has 4 heterocycles. The summed E-state index contributed by atoms with van der Waals surface area (Å²) < 4.78 is 0. The van der Waals surface area contributed by atoms with Crippen molar-refractivity contribution in [2.24, 2.45) is 10.9 Å². The molecule has 10 heteroatoms. The lowest BCUT2D eigenvalue weighted by Crippen LogP contribution is -2.64. The molecule has 2 saturated heterocycles. The summed E-state index contributed by atoms with van der Waals surface area (Å²) in [7, 11) is 1.69. The first kappa shape index (κ1) is 19.0. The van der Waals surface area contributed by atoms with Crippen molar-refractivity contribution in [1.29, 1.82) is 0 Å². The number of imide groups is 1. The SMILES string of the molecule is CC1CCCN(C2=NC3C(C(=O)NC(=O)N3C)N2CCSc2ncccn2)C1. The Morgan fingerprint density at radius 3 is 2.82 bits per heavy atom. The normalized spacial score (nSPS) is 27.6. The Morgan fingerprint density at radius 1 is 1.29 bits per heavy atom. The second-order valence-corrected chi connectivity index (χ2v) is 8.52. The number of nitrogens with zero attached hydrogens (tertiary/aromatic N) is 6. The maximum atomic E-state index is 12.6. The Labute approximate surface area is 168 Å². The first-order valence-electron chi connectivity index (χ1n) is 9.61. The van der Waals surface area contributed by atoms with Gasteiger partial charge in [0.1, 0.15) is 0 Å². The number of aromatic nitrogens is 2. The number of thioether (sulfide) groups is 1. The van der Waals surface area contributed by atoms with Crippen LogP contribution in [0.3, 0.4) is 0 Å². The topological polar surface area (TPSA) is 94.0 Å². The summed E-state index contributed by atoms with van der Waals surface area (Å²) in [6.07, 6.45) is 5.27. The van der Waals surface area contributed by atoms with Gasteiger partial charge in [-0.2, -0.15) is 0 Å². The molecule has 0 radical (unpaired) electrons. The highest BCUT2D eigenvalue weighted by Gasteiger charge is 2.49. The molecule has 1 aromatic rings. The molecule has 3 atom stereocenters. The Hall–Kier alpha value is -2.36. The van der Waals surface area contributed by atoms with Gasteiger partial charge >= 0.3 is 6.03 Å². The van der Waals surface area contributed by atoms with Crippen LogP contribution in [0.25, 0.3) is 0 Å².